The average molecular weight is 272 g/mol. The zero-order valence-corrected chi connectivity index (χ0v) is 10.9. The SMILES string of the molecule is CC(Oc1ccc(Cl)c(F)c1)C(=O)N1CCCC1. The largest absolute Gasteiger partial charge is 0.481 e. The molecule has 1 heterocycles. The van der Waals surface area contributed by atoms with E-state index in [0.29, 0.717) is 5.75 Å². The molecular formula is C13H15ClFNO2. The summed E-state index contributed by atoms with van der Waals surface area (Å²) in [6.07, 6.45) is 1.46. The van der Waals surface area contributed by atoms with E-state index in [-0.39, 0.29) is 10.9 Å². The molecule has 1 aliphatic rings. The lowest BCUT2D eigenvalue weighted by Crippen LogP contribution is -2.38. The Labute approximate surface area is 110 Å². The van der Waals surface area contributed by atoms with Crippen molar-refractivity contribution in [1.82, 2.24) is 4.90 Å². The smallest absolute Gasteiger partial charge is 0.263 e. The molecule has 18 heavy (non-hydrogen) atoms. The molecule has 2 rings (SSSR count). The number of likely N-dealkylation sites (tertiary alicyclic amines) is 1. The summed E-state index contributed by atoms with van der Waals surface area (Å²) in [6.45, 7) is 3.23. The monoisotopic (exact) mass is 271 g/mol. The maximum atomic E-state index is 13.2. The number of hydrogen-bond donors (Lipinski definition) is 0. The number of amides is 1. The van der Waals surface area contributed by atoms with Crippen LogP contribution >= 0.6 is 11.6 Å². The van der Waals surface area contributed by atoms with E-state index in [1.54, 1.807) is 17.9 Å². The van der Waals surface area contributed by atoms with Gasteiger partial charge in [-0.05, 0) is 31.9 Å². The van der Waals surface area contributed by atoms with Gasteiger partial charge in [-0.3, -0.25) is 4.79 Å². The summed E-state index contributed by atoms with van der Waals surface area (Å²) < 4.78 is 18.7. The molecule has 1 fully saturated rings. The van der Waals surface area contributed by atoms with Gasteiger partial charge < -0.3 is 9.64 Å². The Morgan fingerprint density at radius 1 is 1.44 bits per heavy atom. The fourth-order valence-corrected chi connectivity index (χ4v) is 2.12. The maximum Gasteiger partial charge on any atom is 0.263 e. The van der Waals surface area contributed by atoms with Crippen LogP contribution in [-0.2, 0) is 4.79 Å². The number of hydrogen-bond acceptors (Lipinski definition) is 2. The highest BCUT2D eigenvalue weighted by Crippen LogP contribution is 2.22. The van der Waals surface area contributed by atoms with E-state index in [2.05, 4.69) is 0 Å². The maximum absolute atomic E-state index is 13.2. The lowest BCUT2D eigenvalue weighted by Gasteiger charge is -2.21. The number of halogens is 2. The van der Waals surface area contributed by atoms with Gasteiger partial charge in [0.05, 0.1) is 5.02 Å². The molecule has 3 nitrogen and oxygen atoms in total. The first-order valence-electron chi connectivity index (χ1n) is 5.98. The van der Waals surface area contributed by atoms with Gasteiger partial charge in [0.25, 0.3) is 5.91 Å². The van der Waals surface area contributed by atoms with Crippen molar-refractivity contribution >= 4 is 17.5 Å². The first-order valence-corrected chi connectivity index (χ1v) is 6.36. The summed E-state index contributed by atoms with van der Waals surface area (Å²) in [5, 5.41) is 0.0425. The highest BCUT2D eigenvalue weighted by Gasteiger charge is 2.24. The molecule has 0 N–H and O–H groups in total. The molecular weight excluding hydrogens is 257 g/mol. The minimum absolute atomic E-state index is 0.0425. The molecule has 0 aliphatic carbocycles. The van der Waals surface area contributed by atoms with Crippen LogP contribution in [0.25, 0.3) is 0 Å². The third-order valence-corrected chi connectivity index (χ3v) is 3.28. The number of carbonyl (C=O) groups excluding carboxylic acids is 1. The standard InChI is InChI=1S/C13H15ClFNO2/c1-9(13(17)16-6-2-3-7-16)18-10-4-5-11(14)12(15)8-10/h4-5,8-9H,2-3,6-7H2,1H3. The molecule has 0 saturated carbocycles. The third-order valence-electron chi connectivity index (χ3n) is 2.97. The molecule has 98 valence electrons. The van der Waals surface area contributed by atoms with Crippen LogP contribution in [-0.4, -0.2) is 30.0 Å². The first kappa shape index (κ1) is 13.1. The molecule has 1 saturated heterocycles. The molecule has 1 aromatic carbocycles. The van der Waals surface area contributed by atoms with Gasteiger partial charge in [-0.2, -0.15) is 0 Å². The van der Waals surface area contributed by atoms with Gasteiger partial charge in [0.15, 0.2) is 6.10 Å². The van der Waals surface area contributed by atoms with E-state index in [9.17, 15) is 9.18 Å². The van der Waals surface area contributed by atoms with Crippen LogP contribution < -0.4 is 4.74 Å². The summed E-state index contributed by atoms with van der Waals surface area (Å²) in [4.78, 5) is 13.8. The topological polar surface area (TPSA) is 29.5 Å². The summed E-state index contributed by atoms with van der Waals surface area (Å²) in [5.74, 6) is -0.283. The second kappa shape index (κ2) is 5.57. The van der Waals surface area contributed by atoms with Crippen molar-refractivity contribution < 1.29 is 13.9 Å². The minimum atomic E-state index is -0.608. The predicted octanol–water partition coefficient (Wildman–Crippen LogP) is 2.87. The fourth-order valence-electron chi connectivity index (χ4n) is 2.00. The van der Waals surface area contributed by atoms with E-state index in [0.717, 1.165) is 25.9 Å². The highest BCUT2D eigenvalue weighted by atomic mass is 35.5. The van der Waals surface area contributed by atoms with E-state index in [1.807, 2.05) is 0 Å². The van der Waals surface area contributed by atoms with E-state index >= 15 is 0 Å². The van der Waals surface area contributed by atoms with Crippen molar-refractivity contribution in [2.24, 2.45) is 0 Å². The van der Waals surface area contributed by atoms with E-state index < -0.39 is 11.9 Å². The van der Waals surface area contributed by atoms with E-state index in [1.165, 1.54) is 12.1 Å². The van der Waals surface area contributed by atoms with E-state index in [4.69, 9.17) is 16.3 Å². The fraction of sp³-hybridized carbons (Fsp3) is 0.462. The molecule has 5 heteroatoms. The second-order valence-corrected chi connectivity index (χ2v) is 4.78. The number of rotatable bonds is 3. The average Bonchev–Trinajstić information content (AvgIpc) is 2.86. The van der Waals surface area contributed by atoms with Crippen LogP contribution in [0.1, 0.15) is 19.8 Å². The lowest BCUT2D eigenvalue weighted by atomic mass is 10.3. The van der Waals surface area contributed by atoms with Gasteiger partial charge in [-0.1, -0.05) is 11.6 Å². The normalized spacial score (nSPS) is 16.7. The summed E-state index contributed by atoms with van der Waals surface area (Å²) in [5.41, 5.74) is 0. The van der Waals surface area contributed by atoms with Gasteiger partial charge in [0.2, 0.25) is 0 Å². The Bertz CT molecular complexity index is 447. The lowest BCUT2D eigenvalue weighted by molar-refractivity contribution is -0.136. The van der Waals surface area contributed by atoms with Crippen LogP contribution in [0.15, 0.2) is 18.2 Å². The molecule has 1 atom stereocenters. The van der Waals surface area contributed by atoms with Crippen LogP contribution in [0, 0.1) is 5.82 Å². The zero-order valence-electron chi connectivity index (χ0n) is 10.2. The van der Waals surface area contributed by atoms with Gasteiger partial charge in [0, 0.05) is 19.2 Å². The number of benzene rings is 1. The van der Waals surface area contributed by atoms with Crippen molar-refractivity contribution in [3.05, 3.63) is 29.0 Å². The van der Waals surface area contributed by atoms with Gasteiger partial charge in [-0.15, -0.1) is 0 Å². The highest BCUT2D eigenvalue weighted by molar-refractivity contribution is 6.30. The van der Waals surface area contributed by atoms with Crippen molar-refractivity contribution in [2.45, 2.75) is 25.9 Å². The predicted molar refractivity (Wildman–Crippen MR) is 67.3 cm³/mol. The molecule has 1 unspecified atom stereocenters. The van der Waals surface area contributed by atoms with Crippen molar-refractivity contribution in [3.63, 3.8) is 0 Å². The van der Waals surface area contributed by atoms with Crippen LogP contribution in [0.5, 0.6) is 5.75 Å². The minimum Gasteiger partial charge on any atom is -0.481 e. The Morgan fingerprint density at radius 2 is 2.11 bits per heavy atom. The molecule has 1 aliphatic heterocycles. The number of carbonyl (C=O) groups is 1. The molecule has 0 spiro atoms. The summed E-state index contributed by atoms with van der Waals surface area (Å²) in [7, 11) is 0. The molecule has 1 amide bonds. The zero-order chi connectivity index (χ0) is 13.1. The molecule has 0 radical (unpaired) electrons. The third kappa shape index (κ3) is 2.93. The number of nitrogens with zero attached hydrogens (tertiary/aromatic N) is 1. The van der Waals surface area contributed by atoms with Crippen LogP contribution in [0.3, 0.4) is 0 Å². The van der Waals surface area contributed by atoms with Crippen LogP contribution in [0.2, 0.25) is 5.02 Å². The van der Waals surface area contributed by atoms with Crippen molar-refractivity contribution in [2.75, 3.05) is 13.1 Å². The molecule has 0 aromatic heterocycles. The quantitative estimate of drug-likeness (QED) is 0.846. The Kier molecular flexibility index (Phi) is 4.07. The Balaban J connectivity index is 1.99. The Hall–Kier alpha value is -1.29. The summed E-state index contributed by atoms with van der Waals surface area (Å²) in [6, 6.07) is 4.16. The number of ether oxygens (including phenoxy) is 1. The Morgan fingerprint density at radius 3 is 2.72 bits per heavy atom. The van der Waals surface area contributed by atoms with Crippen molar-refractivity contribution in [1.29, 1.82) is 0 Å². The van der Waals surface area contributed by atoms with Gasteiger partial charge in [-0.25, -0.2) is 4.39 Å². The van der Waals surface area contributed by atoms with Crippen molar-refractivity contribution in [3.8, 4) is 5.75 Å². The second-order valence-electron chi connectivity index (χ2n) is 4.37. The molecule has 1 aromatic rings. The van der Waals surface area contributed by atoms with Crippen LogP contribution in [0.4, 0.5) is 4.39 Å². The first-order chi connectivity index (χ1) is 8.58. The molecule has 0 bridgehead atoms. The van der Waals surface area contributed by atoms with Gasteiger partial charge in [0.1, 0.15) is 11.6 Å². The van der Waals surface area contributed by atoms with Gasteiger partial charge >= 0.3 is 0 Å². The summed E-state index contributed by atoms with van der Waals surface area (Å²) >= 11 is 5.58.